The van der Waals surface area contributed by atoms with Crippen LogP contribution in [0.2, 0.25) is 0 Å². The highest BCUT2D eigenvalue weighted by atomic mass is 19.1. The van der Waals surface area contributed by atoms with Gasteiger partial charge < -0.3 is 20.1 Å². The fourth-order valence-electron chi connectivity index (χ4n) is 5.36. The third-order valence-corrected chi connectivity index (χ3v) is 6.99. The van der Waals surface area contributed by atoms with Crippen LogP contribution < -0.4 is 20.1 Å². The lowest BCUT2D eigenvalue weighted by Gasteiger charge is -2.55. The molecule has 1 heterocycles. The number of amides is 2. The highest BCUT2D eigenvalue weighted by Crippen LogP contribution is 2.52. The van der Waals surface area contributed by atoms with Crippen LogP contribution in [0.25, 0.3) is 0 Å². The van der Waals surface area contributed by atoms with Crippen LogP contribution in [0.1, 0.15) is 41.6 Å². The molecule has 6 nitrogen and oxygen atoms in total. The summed E-state index contributed by atoms with van der Waals surface area (Å²) in [5.74, 6) is 0.825. The maximum absolute atomic E-state index is 13.1. The van der Waals surface area contributed by atoms with E-state index in [4.69, 9.17) is 9.47 Å². The van der Waals surface area contributed by atoms with Gasteiger partial charge in [-0.15, -0.1) is 0 Å². The van der Waals surface area contributed by atoms with E-state index in [0.717, 1.165) is 18.4 Å². The molecule has 3 fully saturated rings. The zero-order valence-electron chi connectivity index (χ0n) is 17.3. The Morgan fingerprint density at radius 2 is 2.06 bits per heavy atom. The van der Waals surface area contributed by atoms with Gasteiger partial charge in [-0.05, 0) is 55.0 Å². The largest absolute Gasteiger partial charge is 0.497 e. The Labute approximate surface area is 180 Å². The molecule has 0 unspecified atom stereocenters. The summed E-state index contributed by atoms with van der Waals surface area (Å²) < 4.78 is 24.8. The van der Waals surface area contributed by atoms with Gasteiger partial charge in [0.25, 0.3) is 5.91 Å². The Morgan fingerprint density at radius 3 is 2.77 bits per heavy atom. The average molecular weight is 424 g/mol. The zero-order valence-corrected chi connectivity index (χ0v) is 17.3. The minimum atomic E-state index is -0.771. The first-order valence-corrected chi connectivity index (χ1v) is 10.7. The Kier molecular flexibility index (Phi) is 4.84. The molecule has 4 aliphatic rings. The Morgan fingerprint density at radius 1 is 1.26 bits per heavy atom. The van der Waals surface area contributed by atoms with Gasteiger partial charge in [0, 0.05) is 30.9 Å². The normalized spacial score (nSPS) is 28.5. The van der Waals surface area contributed by atoms with Gasteiger partial charge in [0.1, 0.15) is 17.3 Å². The summed E-state index contributed by atoms with van der Waals surface area (Å²) in [4.78, 5) is 25.7. The molecule has 162 valence electrons. The standard InChI is InChI=1S/C24H25FN2O4/c1-30-18-8-9-19-21(11-18)31-24(27-23(19)29)12-15-4-5-16(24)10-20(15)22(28)26-13-14-2-6-17(25)7-3-14/h2-3,6-9,11,15-16,20H,4-5,10,12-13H2,1H3,(H,26,28)(H,27,29)/t15-,16+,20-,24+/m0/s1. The van der Waals surface area contributed by atoms with Gasteiger partial charge >= 0.3 is 0 Å². The second kappa shape index (κ2) is 7.55. The summed E-state index contributed by atoms with van der Waals surface area (Å²) >= 11 is 0. The number of halogens is 1. The van der Waals surface area contributed by atoms with Gasteiger partial charge in [-0.1, -0.05) is 12.1 Å². The van der Waals surface area contributed by atoms with Crippen molar-refractivity contribution in [3.05, 3.63) is 59.4 Å². The van der Waals surface area contributed by atoms with E-state index < -0.39 is 5.72 Å². The summed E-state index contributed by atoms with van der Waals surface area (Å²) in [7, 11) is 1.58. The van der Waals surface area contributed by atoms with E-state index in [1.807, 2.05) is 0 Å². The monoisotopic (exact) mass is 424 g/mol. The second-order valence-corrected chi connectivity index (χ2v) is 8.73. The molecule has 2 aromatic rings. The van der Waals surface area contributed by atoms with E-state index in [9.17, 15) is 14.0 Å². The summed E-state index contributed by atoms with van der Waals surface area (Å²) in [6.45, 7) is 0.374. The van der Waals surface area contributed by atoms with Crippen LogP contribution in [0.4, 0.5) is 4.39 Å². The number of nitrogens with one attached hydrogen (secondary N) is 2. The molecule has 6 rings (SSSR count). The van der Waals surface area contributed by atoms with Crippen molar-refractivity contribution < 1.29 is 23.5 Å². The fourth-order valence-corrected chi connectivity index (χ4v) is 5.36. The average Bonchev–Trinajstić information content (AvgIpc) is 2.78. The van der Waals surface area contributed by atoms with Gasteiger partial charge in [-0.3, -0.25) is 9.59 Å². The number of hydrogen-bond acceptors (Lipinski definition) is 4. The number of benzene rings is 2. The van der Waals surface area contributed by atoms with Crippen LogP contribution >= 0.6 is 0 Å². The molecule has 1 aliphatic heterocycles. The molecule has 0 radical (unpaired) electrons. The van der Waals surface area contributed by atoms with Crippen LogP contribution in [0.5, 0.6) is 11.5 Å². The smallest absolute Gasteiger partial charge is 0.258 e. The molecule has 0 saturated heterocycles. The summed E-state index contributed by atoms with van der Waals surface area (Å²) in [5, 5.41) is 6.11. The first kappa shape index (κ1) is 19.8. The van der Waals surface area contributed by atoms with Crippen molar-refractivity contribution in [2.24, 2.45) is 17.8 Å². The zero-order chi connectivity index (χ0) is 21.6. The minimum Gasteiger partial charge on any atom is -0.497 e. The minimum absolute atomic E-state index is 0.0121. The van der Waals surface area contributed by atoms with Crippen molar-refractivity contribution >= 4 is 11.8 Å². The first-order chi connectivity index (χ1) is 15.0. The van der Waals surface area contributed by atoms with Gasteiger partial charge in [0.2, 0.25) is 5.91 Å². The maximum Gasteiger partial charge on any atom is 0.258 e. The maximum atomic E-state index is 13.1. The number of methoxy groups -OCH3 is 1. The van der Waals surface area contributed by atoms with Crippen molar-refractivity contribution in [3.8, 4) is 11.5 Å². The van der Waals surface area contributed by atoms with Crippen LogP contribution in [-0.4, -0.2) is 24.6 Å². The molecule has 7 heteroatoms. The quantitative estimate of drug-likeness (QED) is 0.789. The number of hydrogen-bond donors (Lipinski definition) is 2. The van der Waals surface area contributed by atoms with Crippen LogP contribution in [0.15, 0.2) is 42.5 Å². The second-order valence-electron chi connectivity index (χ2n) is 8.73. The molecule has 2 N–H and O–H groups in total. The molecule has 2 bridgehead atoms. The molecule has 1 spiro atoms. The van der Waals surface area contributed by atoms with Crippen molar-refractivity contribution in [2.75, 3.05) is 7.11 Å². The molecule has 2 amide bonds. The molecular formula is C24H25FN2O4. The van der Waals surface area contributed by atoms with Crippen LogP contribution in [0, 0.1) is 23.6 Å². The SMILES string of the molecule is COc1ccc2c(c1)O[C@@]1(C[C@@H]3CC[C@@H]1C[C@@H]3C(=O)NCc1ccc(F)cc1)NC2=O. The lowest BCUT2D eigenvalue weighted by atomic mass is 9.60. The predicted octanol–water partition coefficient (Wildman–Crippen LogP) is 3.41. The Bertz CT molecular complexity index is 1020. The number of ether oxygens (including phenoxy) is 2. The third-order valence-electron chi connectivity index (χ3n) is 6.99. The van der Waals surface area contributed by atoms with Crippen LogP contribution in [-0.2, 0) is 11.3 Å². The lowest BCUT2D eigenvalue weighted by molar-refractivity contribution is -0.146. The van der Waals surface area contributed by atoms with Gasteiger partial charge in [0.15, 0.2) is 5.72 Å². The summed E-state index contributed by atoms with van der Waals surface area (Å²) in [6.07, 6.45) is 3.12. The molecule has 3 saturated carbocycles. The number of fused-ring (bicyclic) bond motifs is 3. The topological polar surface area (TPSA) is 76.7 Å². The van der Waals surface area contributed by atoms with E-state index in [2.05, 4.69) is 10.6 Å². The molecule has 31 heavy (non-hydrogen) atoms. The van der Waals surface area contributed by atoms with Crippen molar-refractivity contribution in [1.82, 2.24) is 10.6 Å². The third kappa shape index (κ3) is 3.52. The molecular weight excluding hydrogens is 399 g/mol. The molecule has 4 atom stereocenters. The van der Waals surface area contributed by atoms with Crippen molar-refractivity contribution in [2.45, 2.75) is 38.0 Å². The molecule has 3 aliphatic carbocycles. The Hall–Kier alpha value is -3.09. The number of rotatable bonds is 4. The van der Waals surface area contributed by atoms with Crippen molar-refractivity contribution in [1.29, 1.82) is 0 Å². The molecule has 2 aromatic carbocycles. The summed E-state index contributed by atoms with van der Waals surface area (Å²) in [6, 6.07) is 11.3. The Balaban J connectivity index is 1.30. The first-order valence-electron chi connectivity index (χ1n) is 10.7. The van der Waals surface area contributed by atoms with Crippen molar-refractivity contribution in [3.63, 3.8) is 0 Å². The van der Waals surface area contributed by atoms with E-state index in [-0.39, 0.29) is 35.4 Å². The molecule has 0 aromatic heterocycles. The number of carbonyl (C=O) groups is 2. The van der Waals surface area contributed by atoms with Gasteiger partial charge in [0.05, 0.1) is 12.7 Å². The lowest BCUT2D eigenvalue weighted by Crippen LogP contribution is -2.66. The predicted molar refractivity (Wildman–Crippen MR) is 111 cm³/mol. The summed E-state index contributed by atoms with van der Waals surface area (Å²) in [5.41, 5.74) is 0.592. The van der Waals surface area contributed by atoms with E-state index in [0.29, 0.717) is 36.4 Å². The van der Waals surface area contributed by atoms with Crippen LogP contribution in [0.3, 0.4) is 0 Å². The highest BCUT2D eigenvalue weighted by molar-refractivity contribution is 5.98. The highest BCUT2D eigenvalue weighted by Gasteiger charge is 2.57. The van der Waals surface area contributed by atoms with Gasteiger partial charge in [-0.2, -0.15) is 0 Å². The van der Waals surface area contributed by atoms with Gasteiger partial charge in [-0.25, -0.2) is 4.39 Å². The number of carbonyl (C=O) groups excluding carboxylic acids is 2. The fraction of sp³-hybridized carbons (Fsp3) is 0.417. The van der Waals surface area contributed by atoms with E-state index in [1.165, 1.54) is 12.1 Å². The van der Waals surface area contributed by atoms with E-state index in [1.54, 1.807) is 37.4 Å². The van der Waals surface area contributed by atoms with E-state index >= 15 is 0 Å².